The first-order chi connectivity index (χ1) is 14.1. The van der Waals surface area contributed by atoms with Crippen molar-refractivity contribution in [1.29, 1.82) is 0 Å². The van der Waals surface area contributed by atoms with E-state index in [-0.39, 0.29) is 11.2 Å². The number of carbonyl (C=O) groups excluding carboxylic acids is 1. The number of thioether (sulfide) groups is 1. The average Bonchev–Trinajstić information content (AvgIpc) is 3.17. The first-order valence-corrected chi connectivity index (χ1v) is 10.8. The number of hydrogen-bond donors (Lipinski definition) is 1. The summed E-state index contributed by atoms with van der Waals surface area (Å²) >= 11 is 1.67. The second kappa shape index (κ2) is 8.85. The standard InChI is InChI=1S/C25H26N2OS/c1-27(2)17-18-11-13-19(14-12-18)22-9-5-3-8-21(22)16-26-25(28)24-15-20-7-4-6-10-23(20)29-24/h3-14,24H,15-17H2,1-2H3,(H,26,28)/t24-/m1/s1. The van der Waals surface area contributed by atoms with Crippen molar-refractivity contribution in [2.45, 2.75) is 29.7 Å². The van der Waals surface area contributed by atoms with Gasteiger partial charge in [-0.1, -0.05) is 66.7 Å². The Hall–Kier alpha value is -2.56. The zero-order chi connectivity index (χ0) is 20.2. The van der Waals surface area contributed by atoms with Gasteiger partial charge in [0.1, 0.15) is 0 Å². The highest BCUT2D eigenvalue weighted by Crippen LogP contribution is 2.36. The lowest BCUT2D eigenvalue weighted by Crippen LogP contribution is -2.32. The Morgan fingerprint density at radius 1 is 1.00 bits per heavy atom. The lowest BCUT2D eigenvalue weighted by molar-refractivity contribution is -0.120. The van der Waals surface area contributed by atoms with Crippen molar-refractivity contribution in [1.82, 2.24) is 10.2 Å². The minimum absolute atomic E-state index is 0.0371. The lowest BCUT2D eigenvalue weighted by Gasteiger charge is -2.14. The molecule has 1 N–H and O–H groups in total. The molecule has 0 aromatic heterocycles. The topological polar surface area (TPSA) is 32.3 Å². The number of rotatable bonds is 6. The normalized spacial score (nSPS) is 15.3. The zero-order valence-electron chi connectivity index (χ0n) is 16.9. The number of benzene rings is 3. The molecule has 4 rings (SSSR count). The van der Waals surface area contributed by atoms with E-state index in [2.05, 4.69) is 78.9 Å². The van der Waals surface area contributed by atoms with Crippen LogP contribution in [0.5, 0.6) is 0 Å². The molecule has 0 saturated heterocycles. The molecule has 0 aliphatic carbocycles. The Balaban J connectivity index is 1.43. The Morgan fingerprint density at radius 3 is 2.48 bits per heavy atom. The molecule has 3 aromatic carbocycles. The number of carbonyl (C=O) groups is 1. The third-order valence-electron chi connectivity index (χ3n) is 5.17. The van der Waals surface area contributed by atoms with Crippen LogP contribution in [0.4, 0.5) is 0 Å². The van der Waals surface area contributed by atoms with Gasteiger partial charge in [-0.2, -0.15) is 0 Å². The first kappa shape index (κ1) is 19.7. The third kappa shape index (κ3) is 4.72. The van der Waals surface area contributed by atoms with E-state index in [1.54, 1.807) is 11.8 Å². The molecule has 1 atom stereocenters. The predicted octanol–water partition coefficient (Wildman–Crippen LogP) is 4.75. The maximum Gasteiger partial charge on any atom is 0.234 e. The fourth-order valence-electron chi connectivity index (χ4n) is 3.74. The molecule has 148 valence electrons. The summed E-state index contributed by atoms with van der Waals surface area (Å²) < 4.78 is 0. The molecule has 0 spiro atoms. The van der Waals surface area contributed by atoms with Crippen molar-refractivity contribution in [3.8, 4) is 11.1 Å². The molecule has 29 heavy (non-hydrogen) atoms. The van der Waals surface area contributed by atoms with Crippen LogP contribution in [-0.4, -0.2) is 30.2 Å². The monoisotopic (exact) mass is 402 g/mol. The molecule has 0 fully saturated rings. The molecular formula is C25H26N2OS. The van der Waals surface area contributed by atoms with Crippen molar-refractivity contribution >= 4 is 17.7 Å². The van der Waals surface area contributed by atoms with Crippen LogP contribution in [0.3, 0.4) is 0 Å². The van der Waals surface area contributed by atoms with Crippen LogP contribution in [-0.2, 0) is 24.3 Å². The highest BCUT2D eigenvalue weighted by molar-refractivity contribution is 8.01. The third-order valence-corrected chi connectivity index (χ3v) is 6.49. The van der Waals surface area contributed by atoms with Gasteiger partial charge in [0.25, 0.3) is 0 Å². The van der Waals surface area contributed by atoms with E-state index in [0.29, 0.717) is 6.54 Å². The second-order valence-electron chi connectivity index (χ2n) is 7.73. The summed E-state index contributed by atoms with van der Waals surface area (Å²) in [6.07, 6.45) is 0.807. The van der Waals surface area contributed by atoms with Crippen LogP contribution in [0.1, 0.15) is 16.7 Å². The fourth-order valence-corrected chi connectivity index (χ4v) is 4.96. The van der Waals surface area contributed by atoms with E-state index >= 15 is 0 Å². The number of amides is 1. The van der Waals surface area contributed by atoms with E-state index in [9.17, 15) is 4.79 Å². The van der Waals surface area contributed by atoms with Gasteiger partial charge in [0, 0.05) is 18.0 Å². The van der Waals surface area contributed by atoms with Gasteiger partial charge >= 0.3 is 0 Å². The largest absolute Gasteiger partial charge is 0.351 e. The molecule has 1 aliphatic rings. The summed E-state index contributed by atoms with van der Waals surface area (Å²) in [6, 6.07) is 25.3. The van der Waals surface area contributed by atoms with Crippen LogP contribution < -0.4 is 5.32 Å². The average molecular weight is 403 g/mol. The van der Waals surface area contributed by atoms with Gasteiger partial charge in [-0.15, -0.1) is 11.8 Å². The maximum absolute atomic E-state index is 12.7. The van der Waals surface area contributed by atoms with Gasteiger partial charge in [-0.25, -0.2) is 0 Å². The quantitative estimate of drug-likeness (QED) is 0.646. The summed E-state index contributed by atoms with van der Waals surface area (Å²) in [5.74, 6) is 0.113. The fraction of sp³-hybridized carbons (Fsp3) is 0.240. The van der Waals surface area contributed by atoms with Crippen molar-refractivity contribution in [3.05, 3.63) is 89.5 Å². The van der Waals surface area contributed by atoms with Gasteiger partial charge in [-0.05, 0) is 54.4 Å². The van der Waals surface area contributed by atoms with E-state index in [1.165, 1.54) is 27.1 Å². The van der Waals surface area contributed by atoms with Crippen LogP contribution in [0, 0.1) is 0 Å². The van der Waals surface area contributed by atoms with E-state index in [0.717, 1.165) is 18.5 Å². The number of hydrogen-bond acceptors (Lipinski definition) is 3. The smallest absolute Gasteiger partial charge is 0.234 e. The van der Waals surface area contributed by atoms with Gasteiger partial charge in [-0.3, -0.25) is 4.79 Å². The SMILES string of the molecule is CN(C)Cc1ccc(-c2ccccc2CNC(=O)[C@H]2Cc3ccccc3S2)cc1. The van der Waals surface area contributed by atoms with Gasteiger partial charge in [0.2, 0.25) is 5.91 Å². The van der Waals surface area contributed by atoms with Crippen molar-refractivity contribution < 1.29 is 4.79 Å². The summed E-state index contributed by atoms with van der Waals surface area (Å²) in [5.41, 5.74) is 6.06. The predicted molar refractivity (Wildman–Crippen MR) is 121 cm³/mol. The van der Waals surface area contributed by atoms with Crippen molar-refractivity contribution in [2.24, 2.45) is 0 Å². The van der Waals surface area contributed by atoms with E-state index in [1.807, 2.05) is 18.2 Å². The molecule has 1 aliphatic heterocycles. The molecule has 1 amide bonds. The molecule has 0 bridgehead atoms. The van der Waals surface area contributed by atoms with Crippen LogP contribution in [0.2, 0.25) is 0 Å². The summed E-state index contributed by atoms with van der Waals surface area (Å²) in [5, 5.41) is 3.12. The Morgan fingerprint density at radius 2 is 1.72 bits per heavy atom. The van der Waals surface area contributed by atoms with Crippen LogP contribution in [0.25, 0.3) is 11.1 Å². The molecular weight excluding hydrogens is 376 g/mol. The minimum atomic E-state index is -0.0371. The van der Waals surface area contributed by atoms with Gasteiger partial charge in [0.15, 0.2) is 0 Å². The number of nitrogens with one attached hydrogen (secondary N) is 1. The highest BCUT2D eigenvalue weighted by Gasteiger charge is 2.27. The number of nitrogens with zero attached hydrogens (tertiary/aromatic N) is 1. The minimum Gasteiger partial charge on any atom is -0.351 e. The molecule has 3 nitrogen and oxygen atoms in total. The first-order valence-electron chi connectivity index (χ1n) is 9.94. The molecule has 0 saturated carbocycles. The molecule has 0 unspecified atom stereocenters. The zero-order valence-corrected chi connectivity index (χ0v) is 17.7. The second-order valence-corrected chi connectivity index (χ2v) is 8.97. The molecule has 0 radical (unpaired) electrons. The Labute approximate surface area is 177 Å². The van der Waals surface area contributed by atoms with Crippen molar-refractivity contribution in [2.75, 3.05) is 14.1 Å². The van der Waals surface area contributed by atoms with Crippen molar-refractivity contribution in [3.63, 3.8) is 0 Å². The van der Waals surface area contributed by atoms with E-state index < -0.39 is 0 Å². The van der Waals surface area contributed by atoms with Crippen LogP contribution in [0.15, 0.2) is 77.7 Å². The summed E-state index contributed by atoms with van der Waals surface area (Å²) in [7, 11) is 4.15. The van der Waals surface area contributed by atoms with Gasteiger partial charge < -0.3 is 10.2 Å². The van der Waals surface area contributed by atoms with E-state index in [4.69, 9.17) is 0 Å². The molecule has 4 heteroatoms. The summed E-state index contributed by atoms with van der Waals surface area (Å²) in [4.78, 5) is 16.1. The van der Waals surface area contributed by atoms with Gasteiger partial charge in [0.05, 0.1) is 5.25 Å². The van der Waals surface area contributed by atoms with Crippen LogP contribution >= 0.6 is 11.8 Å². The molecule has 1 heterocycles. The Kier molecular flexibility index (Phi) is 6.02. The lowest BCUT2D eigenvalue weighted by atomic mass is 9.98. The number of fused-ring (bicyclic) bond motifs is 1. The molecule has 3 aromatic rings. The Bertz CT molecular complexity index is 973. The summed E-state index contributed by atoms with van der Waals surface area (Å²) in [6.45, 7) is 1.47. The maximum atomic E-state index is 12.7. The highest BCUT2D eigenvalue weighted by atomic mass is 32.2.